The van der Waals surface area contributed by atoms with Gasteiger partial charge in [0.2, 0.25) is 0 Å². The Morgan fingerprint density at radius 3 is 2.94 bits per heavy atom. The summed E-state index contributed by atoms with van der Waals surface area (Å²) in [6.45, 7) is 7.14. The van der Waals surface area contributed by atoms with Crippen LogP contribution in [0.1, 0.15) is 44.3 Å². The van der Waals surface area contributed by atoms with Gasteiger partial charge in [0.1, 0.15) is 17.6 Å². The molecule has 96 valence electrons. The van der Waals surface area contributed by atoms with Gasteiger partial charge >= 0.3 is 0 Å². The van der Waals surface area contributed by atoms with Crippen LogP contribution in [0.25, 0.3) is 0 Å². The van der Waals surface area contributed by atoms with E-state index >= 15 is 0 Å². The number of nitrogens with one attached hydrogen (secondary N) is 1. The molecule has 0 saturated carbocycles. The molecule has 0 spiro atoms. The van der Waals surface area contributed by atoms with Crippen molar-refractivity contribution in [1.82, 2.24) is 5.32 Å². The van der Waals surface area contributed by atoms with E-state index in [1.54, 1.807) is 0 Å². The van der Waals surface area contributed by atoms with E-state index < -0.39 is 0 Å². The number of hydrogen-bond acceptors (Lipinski definition) is 3. The van der Waals surface area contributed by atoms with Gasteiger partial charge in [0.15, 0.2) is 0 Å². The quantitative estimate of drug-likeness (QED) is 0.855. The van der Waals surface area contributed by atoms with Gasteiger partial charge in [0, 0.05) is 25.5 Å². The van der Waals surface area contributed by atoms with Crippen LogP contribution in [0.5, 0.6) is 0 Å². The summed E-state index contributed by atoms with van der Waals surface area (Å²) in [5, 5.41) is 3.42. The molecule has 2 heterocycles. The van der Waals surface area contributed by atoms with Gasteiger partial charge in [-0.15, -0.1) is 0 Å². The van der Waals surface area contributed by atoms with Crippen molar-refractivity contribution in [1.29, 1.82) is 0 Å². The minimum Gasteiger partial charge on any atom is -0.463 e. The first-order chi connectivity index (χ1) is 8.35. The molecule has 0 aromatic carbocycles. The first-order valence-corrected chi connectivity index (χ1v) is 6.76. The van der Waals surface area contributed by atoms with Crippen LogP contribution in [-0.4, -0.2) is 19.7 Å². The molecule has 1 aliphatic heterocycles. The Kier molecular flexibility index (Phi) is 4.63. The second kappa shape index (κ2) is 6.22. The van der Waals surface area contributed by atoms with E-state index in [4.69, 9.17) is 9.15 Å². The average molecular weight is 237 g/mol. The molecule has 1 saturated heterocycles. The summed E-state index contributed by atoms with van der Waals surface area (Å²) < 4.78 is 11.7. The minimum absolute atomic E-state index is 0.142. The van der Waals surface area contributed by atoms with E-state index in [0.717, 1.165) is 44.1 Å². The molecular weight excluding hydrogens is 214 g/mol. The molecular formula is C14H23NO2. The Morgan fingerprint density at radius 1 is 1.35 bits per heavy atom. The zero-order valence-corrected chi connectivity index (χ0v) is 10.9. The fourth-order valence-electron chi connectivity index (χ4n) is 2.43. The van der Waals surface area contributed by atoms with Crippen molar-refractivity contribution < 1.29 is 9.15 Å². The highest BCUT2D eigenvalue weighted by Crippen LogP contribution is 2.34. The summed E-state index contributed by atoms with van der Waals surface area (Å²) in [6.07, 6.45) is 3.47. The van der Waals surface area contributed by atoms with Crippen LogP contribution in [0.4, 0.5) is 0 Å². The molecule has 3 heteroatoms. The molecule has 3 nitrogen and oxygen atoms in total. The van der Waals surface area contributed by atoms with Crippen molar-refractivity contribution in [3.8, 4) is 0 Å². The SMILES string of the molecule is CCNCC1CCCOC1c1ccc(CC)o1. The fourth-order valence-corrected chi connectivity index (χ4v) is 2.43. The summed E-state index contributed by atoms with van der Waals surface area (Å²) in [6, 6.07) is 4.14. The molecule has 2 rings (SSSR count). The predicted octanol–water partition coefficient (Wildman–Crippen LogP) is 2.92. The van der Waals surface area contributed by atoms with Crippen LogP contribution >= 0.6 is 0 Å². The van der Waals surface area contributed by atoms with Crippen molar-refractivity contribution in [2.45, 2.75) is 39.2 Å². The molecule has 0 amide bonds. The van der Waals surface area contributed by atoms with Gasteiger partial charge in [-0.1, -0.05) is 13.8 Å². The molecule has 1 aliphatic rings. The van der Waals surface area contributed by atoms with Gasteiger partial charge in [0.25, 0.3) is 0 Å². The first kappa shape index (κ1) is 12.7. The standard InChI is InChI=1S/C14H23NO2/c1-3-12-7-8-13(17-12)14-11(10-15-4-2)6-5-9-16-14/h7-8,11,14-15H,3-6,9-10H2,1-2H3. The highest BCUT2D eigenvalue weighted by atomic mass is 16.5. The zero-order valence-electron chi connectivity index (χ0n) is 10.9. The molecule has 0 bridgehead atoms. The van der Waals surface area contributed by atoms with E-state index in [-0.39, 0.29) is 6.10 Å². The molecule has 1 aromatic heterocycles. The predicted molar refractivity (Wildman–Crippen MR) is 68.0 cm³/mol. The van der Waals surface area contributed by atoms with Gasteiger partial charge in [-0.25, -0.2) is 0 Å². The van der Waals surface area contributed by atoms with Crippen molar-refractivity contribution >= 4 is 0 Å². The van der Waals surface area contributed by atoms with Crippen LogP contribution in [0.15, 0.2) is 16.5 Å². The zero-order chi connectivity index (χ0) is 12.1. The number of hydrogen-bond donors (Lipinski definition) is 1. The Hall–Kier alpha value is -0.800. The van der Waals surface area contributed by atoms with Crippen molar-refractivity contribution in [3.63, 3.8) is 0 Å². The molecule has 2 unspecified atom stereocenters. The lowest BCUT2D eigenvalue weighted by Gasteiger charge is -2.30. The van der Waals surface area contributed by atoms with Gasteiger partial charge in [-0.3, -0.25) is 0 Å². The monoisotopic (exact) mass is 237 g/mol. The van der Waals surface area contributed by atoms with Gasteiger partial charge in [-0.2, -0.15) is 0 Å². The van der Waals surface area contributed by atoms with Crippen molar-refractivity contribution in [2.24, 2.45) is 5.92 Å². The molecule has 1 fully saturated rings. The highest BCUT2D eigenvalue weighted by Gasteiger charge is 2.29. The molecule has 0 aliphatic carbocycles. The summed E-state index contributed by atoms with van der Waals surface area (Å²) in [5.74, 6) is 2.60. The minimum atomic E-state index is 0.142. The third kappa shape index (κ3) is 3.11. The molecule has 0 radical (unpaired) electrons. The maximum Gasteiger partial charge on any atom is 0.133 e. The summed E-state index contributed by atoms with van der Waals surface area (Å²) in [4.78, 5) is 0. The van der Waals surface area contributed by atoms with E-state index in [2.05, 4.69) is 31.3 Å². The lowest BCUT2D eigenvalue weighted by molar-refractivity contribution is -0.0398. The second-order valence-corrected chi connectivity index (χ2v) is 4.66. The van der Waals surface area contributed by atoms with E-state index in [1.807, 2.05) is 0 Å². The van der Waals surface area contributed by atoms with E-state index in [1.165, 1.54) is 6.42 Å². The summed E-state index contributed by atoms with van der Waals surface area (Å²) >= 11 is 0. The van der Waals surface area contributed by atoms with Crippen LogP contribution in [0, 0.1) is 5.92 Å². The number of aryl methyl sites for hydroxylation is 1. The van der Waals surface area contributed by atoms with E-state index in [0.29, 0.717) is 5.92 Å². The Labute approximate surface area is 104 Å². The fraction of sp³-hybridized carbons (Fsp3) is 0.714. The van der Waals surface area contributed by atoms with Crippen molar-refractivity contribution in [2.75, 3.05) is 19.7 Å². The molecule has 17 heavy (non-hydrogen) atoms. The number of ether oxygens (including phenoxy) is 1. The maximum atomic E-state index is 5.90. The van der Waals surface area contributed by atoms with Gasteiger partial charge < -0.3 is 14.5 Å². The number of furan rings is 1. The maximum absolute atomic E-state index is 5.90. The van der Waals surface area contributed by atoms with Gasteiger partial charge in [0.05, 0.1) is 0 Å². The Balaban J connectivity index is 2.04. The van der Waals surface area contributed by atoms with Crippen LogP contribution in [-0.2, 0) is 11.2 Å². The first-order valence-electron chi connectivity index (χ1n) is 6.76. The lowest BCUT2D eigenvalue weighted by atomic mass is 9.92. The lowest BCUT2D eigenvalue weighted by Crippen LogP contribution is -2.31. The van der Waals surface area contributed by atoms with Crippen LogP contribution in [0.2, 0.25) is 0 Å². The topological polar surface area (TPSA) is 34.4 Å². The molecule has 1 aromatic rings. The average Bonchev–Trinajstić information content (AvgIpc) is 2.85. The number of rotatable bonds is 5. The van der Waals surface area contributed by atoms with Crippen LogP contribution < -0.4 is 5.32 Å². The second-order valence-electron chi connectivity index (χ2n) is 4.66. The smallest absolute Gasteiger partial charge is 0.133 e. The molecule has 2 atom stereocenters. The third-order valence-corrected chi connectivity index (χ3v) is 3.41. The van der Waals surface area contributed by atoms with Gasteiger partial charge in [-0.05, 0) is 31.5 Å². The normalized spacial score (nSPS) is 25.1. The summed E-state index contributed by atoms with van der Waals surface area (Å²) in [7, 11) is 0. The Morgan fingerprint density at radius 2 is 2.24 bits per heavy atom. The van der Waals surface area contributed by atoms with Crippen molar-refractivity contribution in [3.05, 3.63) is 23.7 Å². The molecule has 1 N–H and O–H groups in total. The third-order valence-electron chi connectivity index (χ3n) is 3.41. The van der Waals surface area contributed by atoms with Crippen LogP contribution in [0.3, 0.4) is 0 Å². The highest BCUT2D eigenvalue weighted by molar-refractivity contribution is 5.11. The Bertz CT molecular complexity index is 335. The largest absolute Gasteiger partial charge is 0.463 e. The van der Waals surface area contributed by atoms with E-state index in [9.17, 15) is 0 Å². The summed E-state index contributed by atoms with van der Waals surface area (Å²) in [5.41, 5.74) is 0.